The molecule has 1 atom stereocenters. The summed E-state index contributed by atoms with van der Waals surface area (Å²) in [5, 5.41) is -0.0947. The van der Waals surface area contributed by atoms with Gasteiger partial charge in [-0.05, 0) is 24.1 Å². The van der Waals surface area contributed by atoms with Crippen LogP contribution in [0.15, 0.2) is 48.5 Å². The Labute approximate surface area is 116 Å². The van der Waals surface area contributed by atoms with Gasteiger partial charge in [-0.25, -0.2) is 0 Å². The fourth-order valence-corrected chi connectivity index (χ4v) is 2.12. The van der Waals surface area contributed by atoms with Gasteiger partial charge in [0.15, 0.2) is 5.78 Å². The van der Waals surface area contributed by atoms with E-state index in [-0.39, 0.29) is 5.78 Å². The lowest BCUT2D eigenvalue weighted by Gasteiger charge is -2.09. The predicted molar refractivity (Wildman–Crippen MR) is 75.6 cm³/mol. The molecule has 0 amide bonds. The molecular weight excluding hydrogens is 267 g/mol. The number of benzene rings is 2. The van der Waals surface area contributed by atoms with Crippen LogP contribution >= 0.6 is 23.2 Å². The SMILES string of the molecule is Cc1ccc(C(=O)C(Cl)c2ccccc2)cc1Cl. The molecule has 0 aliphatic heterocycles. The largest absolute Gasteiger partial charge is 0.292 e. The number of carbonyl (C=O) groups is 1. The number of Topliss-reactive ketones (excluding diaryl/α,β-unsaturated/α-hetero) is 1. The standard InChI is InChI=1S/C15H12Cl2O/c1-10-7-8-12(9-13(10)16)15(18)14(17)11-5-3-2-4-6-11/h2-9,14H,1H3. The van der Waals surface area contributed by atoms with Crippen molar-refractivity contribution in [2.24, 2.45) is 0 Å². The lowest BCUT2D eigenvalue weighted by molar-refractivity contribution is 0.0987. The molecule has 0 radical (unpaired) electrons. The molecule has 3 heteroatoms. The molecular formula is C15H12Cl2O. The number of rotatable bonds is 3. The molecule has 2 rings (SSSR count). The van der Waals surface area contributed by atoms with Crippen LogP contribution < -0.4 is 0 Å². The summed E-state index contributed by atoms with van der Waals surface area (Å²) in [5.41, 5.74) is 2.27. The summed E-state index contributed by atoms with van der Waals surface area (Å²) < 4.78 is 0. The molecule has 0 N–H and O–H groups in total. The molecule has 2 aromatic rings. The summed E-state index contributed by atoms with van der Waals surface area (Å²) in [6, 6.07) is 14.5. The van der Waals surface area contributed by atoms with Gasteiger partial charge in [0.2, 0.25) is 0 Å². The van der Waals surface area contributed by atoms with Crippen molar-refractivity contribution in [2.45, 2.75) is 12.3 Å². The molecule has 0 saturated heterocycles. The highest BCUT2D eigenvalue weighted by Gasteiger charge is 2.19. The molecule has 0 aliphatic rings. The number of carbonyl (C=O) groups excluding carboxylic acids is 1. The van der Waals surface area contributed by atoms with E-state index in [9.17, 15) is 4.79 Å². The maximum absolute atomic E-state index is 12.2. The Kier molecular flexibility index (Phi) is 4.05. The van der Waals surface area contributed by atoms with E-state index in [1.54, 1.807) is 12.1 Å². The minimum atomic E-state index is -0.676. The van der Waals surface area contributed by atoms with Gasteiger partial charge in [0.1, 0.15) is 5.38 Å². The Morgan fingerprint density at radius 1 is 1.11 bits per heavy atom. The van der Waals surface area contributed by atoms with Crippen LogP contribution in [0, 0.1) is 6.92 Å². The summed E-state index contributed by atoms with van der Waals surface area (Å²) in [6.07, 6.45) is 0. The van der Waals surface area contributed by atoms with E-state index in [4.69, 9.17) is 23.2 Å². The second-order valence-corrected chi connectivity index (χ2v) is 4.95. The first-order valence-electron chi connectivity index (χ1n) is 5.59. The van der Waals surface area contributed by atoms with Crippen molar-refractivity contribution in [1.82, 2.24) is 0 Å². The Morgan fingerprint density at radius 3 is 2.39 bits per heavy atom. The van der Waals surface area contributed by atoms with Crippen molar-refractivity contribution in [1.29, 1.82) is 0 Å². The normalized spacial score (nSPS) is 12.2. The first-order valence-corrected chi connectivity index (χ1v) is 6.40. The molecule has 0 aromatic heterocycles. The molecule has 18 heavy (non-hydrogen) atoms. The summed E-state index contributed by atoms with van der Waals surface area (Å²) in [7, 11) is 0. The Morgan fingerprint density at radius 2 is 1.78 bits per heavy atom. The number of hydrogen-bond donors (Lipinski definition) is 0. The third kappa shape index (κ3) is 2.74. The van der Waals surface area contributed by atoms with Gasteiger partial charge in [0, 0.05) is 10.6 Å². The van der Waals surface area contributed by atoms with E-state index in [1.165, 1.54) is 0 Å². The predicted octanol–water partition coefficient (Wildman–Crippen LogP) is 4.81. The third-order valence-corrected chi connectivity index (χ3v) is 3.64. The van der Waals surface area contributed by atoms with Crippen molar-refractivity contribution in [2.75, 3.05) is 0 Å². The van der Waals surface area contributed by atoms with Crippen LogP contribution in [0.3, 0.4) is 0 Å². The van der Waals surface area contributed by atoms with E-state index in [0.717, 1.165) is 11.1 Å². The third-order valence-electron chi connectivity index (χ3n) is 2.78. The number of ketones is 1. The lowest BCUT2D eigenvalue weighted by Crippen LogP contribution is -2.07. The van der Waals surface area contributed by atoms with E-state index >= 15 is 0 Å². The van der Waals surface area contributed by atoms with Crippen molar-refractivity contribution in [3.05, 3.63) is 70.2 Å². The second kappa shape index (κ2) is 5.55. The number of hydrogen-bond acceptors (Lipinski definition) is 1. The van der Waals surface area contributed by atoms with Crippen LogP contribution in [0.25, 0.3) is 0 Å². The Balaban J connectivity index is 2.29. The quantitative estimate of drug-likeness (QED) is 0.582. The lowest BCUT2D eigenvalue weighted by atomic mass is 10.0. The van der Waals surface area contributed by atoms with Crippen molar-refractivity contribution in [3.63, 3.8) is 0 Å². The maximum Gasteiger partial charge on any atom is 0.185 e. The molecule has 0 aliphatic carbocycles. The molecule has 0 spiro atoms. The van der Waals surface area contributed by atoms with Crippen LogP contribution in [0.5, 0.6) is 0 Å². The van der Waals surface area contributed by atoms with Crippen LogP contribution in [-0.2, 0) is 0 Å². The number of halogens is 2. The monoisotopic (exact) mass is 278 g/mol. The fourth-order valence-electron chi connectivity index (χ4n) is 1.67. The highest BCUT2D eigenvalue weighted by molar-refractivity contribution is 6.35. The number of alkyl halides is 1. The highest BCUT2D eigenvalue weighted by atomic mass is 35.5. The molecule has 1 unspecified atom stereocenters. The topological polar surface area (TPSA) is 17.1 Å². The van der Waals surface area contributed by atoms with Gasteiger partial charge < -0.3 is 0 Å². The average molecular weight is 279 g/mol. The van der Waals surface area contributed by atoms with E-state index in [2.05, 4.69) is 0 Å². The first-order chi connectivity index (χ1) is 8.59. The van der Waals surface area contributed by atoms with Gasteiger partial charge in [0.05, 0.1) is 0 Å². The smallest absolute Gasteiger partial charge is 0.185 e. The molecule has 0 fully saturated rings. The zero-order chi connectivity index (χ0) is 13.1. The molecule has 1 nitrogen and oxygen atoms in total. The first kappa shape index (κ1) is 13.1. The molecule has 0 heterocycles. The number of aryl methyl sites for hydroxylation is 1. The van der Waals surface area contributed by atoms with Gasteiger partial charge in [-0.3, -0.25) is 4.79 Å². The maximum atomic E-state index is 12.2. The molecule has 0 bridgehead atoms. The van der Waals surface area contributed by atoms with Crippen LogP contribution in [0.2, 0.25) is 5.02 Å². The van der Waals surface area contributed by atoms with Gasteiger partial charge in [-0.1, -0.05) is 54.1 Å². The summed E-state index contributed by atoms with van der Waals surface area (Å²) in [4.78, 5) is 12.2. The van der Waals surface area contributed by atoms with E-state index in [0.29, 0.717) is 10.6 Å². The van der Waals surface area contributed by atoms with Crippen molar-refractivity contribution in [3.8, 4) is 0 Å². The summed E-state index contributed by atoms with van der Waals surface area (Å²) >= 11 is 12.2. The van der Waals surface area contributed by atoms with Gasteiger partial charge in [-0.2, -0.15) is 0 Å². The zero-order valence-electron chi connectivity index (χ0n) is 9.86. The van der Waals surface area contributed by atoms with Crippen LogP contribution in [0.1, 0.15) is 26.9 Å². The zero-order valence-corrected chi connectivity index (χ0v) is 11.4. The average Bonchev–Trinajstić information content (AvgIpc) is 2.41. The minimum absolute atomic E-state index is 0.134. The second-order valence-electron chi connectivity index (χ2n) is 4.10. The molecule has 92 valence electrons. The van der Waals surface area contributed by atoms with Crippen LogP contribution in [0.4, 0.5) is 0 Å². The fraction of sp³-hybridized carbons (Fsp3) is 0.133. The van der Waals surface area contributed by atoms with Crippen molar-refractivity contribution >= 4 is 29.0 Å². The summed E-state index contributed by atoms with van der Waals surface area (Å²) in [6.45, 7) is 1.89. The van der Waals surface area contributed by atoms with Gasteiger partial charge >= 0.3 is 0 Å². The minimum Gasteiger partial charge on any atom is -0.292 e. The summed E-state index contributed by atoms with van der Waals surface area (Å²) in [5.74, 6) is -0.134. The van der Waals surface area contributed by atoms with Gasteiger partial charge in [-0.15, -0.1) is 11.6 Å². The Hall–Kier alpha value is -1.31. The van der Waals surface area contributed by atoms with Crippen LogP contribution in [-0.4, -0.2) is 5.78 Å². The van der Waals surface area contributed by atoms with E-state index < -0.39 is 5.38 Å². The van der Waals surface area contributed by atoms with Crippen molar-refractivity contribution < 1.29 is 4.79 Å². The molecule has 2 aromatic carbocycles. The highest BCUT2D eigenvalue weighted by Crippen LogP contribution is 2.26. The van der Waals surface area contributed by atoms with Gasteiger partial charge in [0.25, 0.3) is 0 Å². The van der Waals surface area contributed by atoms with E-state index in [1.807, 2.05) is 43.3 Å². The molecule has 0 saturated carbocycles. The Bertz CT molecular complexity index is 564.